The van der Waals surface area contributed by atoms with Crippen LogP contribution in [0.15, 0.2) is 78.9 Å². The summed E-state index contributed by atoms with van der Waals surface area (Å²) in [7, 11) is 0. The van der Waals surface area contributed by atoms with Crippen LogP contribution in [0, 0.1) is 11.6 Å². The van der Waals surface area contributed by atoms with Crippen LogP contribution < -0.4 is 5.32 Å². The van der Waals surface area contributed by atoms with E-state index in [2.05, 4.69) is 5.32 Å². The molecule has 0 unspecified atom stereocenters. The zero-order chi connectivity index (χ0) is 16.9. The first kappa shape index (κ1) is 15.9. The van der Waals surface area contributed by atoms with Gasteiger partial charge < -0.3 is 5.32 Å². The van der Waals surface area contributed by atoms with Crippen LogP contribution in [0.25, 0.3) is 0 Å². The van der Waals surface area contributed by atoms with Gasteiger partial charge in [-0.1, -0.05) is 60.7 Å². The van der Waals surface area contributed by atoms with Crippen LogP contribution in [0.3, 0.4) is 0 Å². The van der Waals surface area contributed by atoms with Gasteiger partial charge in [0.25, 0.3) is 0 Å². The van der Waals surface area contributed by atoms with E-state index in [4.69, 9.17) is 0 Å². The molecule has 0 saturated carbocycles. The molecule has 120 valence electrons. The standard InChI is InChI=1S/C20H15F2NO/c21-17-12-11-16(13-18(17)22)23-20(24)19(14-7-3-1-4-8-14)15-9-5-2-6-10-15/h1-13,19H,(H,23,24). The molecule has 1 amide bonds. The molecule has 0 radical (unpaired) electrons. The smallest absolute Gasteiger partial charge is 0.236 e. The maximum atomic E-state index is 13.4. The molecular weight excluding hydrogens is 308 g/mol. The van der Waals surface area contributed by atoms with E-state index in [0.717, 1.165) is 23.3 Å². The lowest BCUT2D eigenvalue weighted by Gasteiger charge is -2.18. The Hall–Kier alpha value is -3.01. The molecule has 1 N–H and O–H groups in total. The van der Waals surface area contributed by atoms with Crippen molar-refractivity contribution in [2.75, 3.05) is 5.32 Å². The fourth-order valence-corrected chi connectivity index (χ4v) is 2.57. The van der Waals surface area contributed by atoms with E-state index < -0.39 is 17.6 Å². The SMILES string of the molecule is O=C(Nc1ccc(F)c(F)c1)C(c1ccccc1)c1ccccc1. The van der Waals surface area contributed by atoms with Gasteiger partial charge in [0.1, 0.15) is 0 Å². The summed E-state index contributed by atoms with van der Waals surface area (Å²) >= 11 is 0. The summed E-state index contributed by atoms with van der Waals surface area (Å²) in [6.45, 7) is 0. The van der Waals surface area contributed by atoms with Gasteiger partial charge in [0.05, 0.1) is 5.92 Å². The van der Waals surface area contributed by atoms with E-state index in [9.17, 15) is 13.6 Å². The molecule has 2 nitrogen and oxygen atoms in total. The number of hydrogen-bond donors (Lipinski definition) is 1. The van der Waals surface area contributed by atoms with E-state index in [1.54, 1.807) is 0 Å². The first-order chi connectivity index (χ1) is 11.6. The quantitative estimate of drug-likeness (QED) is 0.738. The van der Waals surface area contributed by atoms with Gasteiger partial charge in [-0.05, 0) is 23.3 Å². The third-order valence-electron chi connectivity index (χ3n) is 3.72. The highest BCUT2D eigenvalue weighted by molar-refractivity contribution is 5.98. The van der Waals surface area contributed by atoms with E-state index >= 15 is 0 Å². The Morgan fingerprint density at radius 1 is 0.750 bits per heavy atom. The number of nitrogens with one attached hydrogen (secondary N) is 1. The molecule has 3 aromatic carbocycles. The predicted molar refractivity (Wildman–Crippen MR) is 89.7 cm³/mol. The Labute approximate surface area is 138 Å². The summed E-state index contributed by atoms with van der Waals surface area (Å²) in [4.78, 5) is 12.8. The molecule has 0 aromatic heterocycles. The van der Waals surface area contributed by atoms with E-state index in [-0.39, 0.29) is 11.6 Å². The number of rotatable bonds is 4. The Kier molecular flexibility index (Phi) is 4.66. The highest BCUT2D eigenvalue weighted by Gasteiger charge is 2.22. The first-order valence-electron chi connectivity index (χ1n) is 7.51. The molecular formula is C20H15F2NO. The van der Waals surface area contributed by atoms with Crippen molar-refractivity contribution in [1.82, 2.24) is 0 Å². The molecule has 0 bridgehead atoms. The second kappa shape index (κ2) is 7.04. The van der Waals surface area contributed by atoms with Gasteiger partial charge in [0, 0.05) is 11.8 Å². The number of benzene rings is 3. The summed E-state index contributed by atoms with van der Waals surface area (Å²) in [6.07, 6.45) is 0. The molecule has 0 aliphatic heterocycles. The van der Waals surface area contributed by atoms with Crippen LogP contribution in [-0.2, 0) is 4.79 Å². The van der Waals surface area contributed by atoms with Gasteiger partial charge in [0.2, 0.25) is 5.91 Å². The van der Waals surface area contributed by atoms with Crippen molar-refractivity contribution in [3.8, 4) is 0 Å². The average molecular weight is 323 g/mol. The van der Waals surface area contributed by atoms with Crippen LogP contribution in [0.1, 0.15) is 17.0 Å². The van der Waals surface area contributed by atoms with Gasteiger partial charge in [-0.2, -0.15) is 0 Å². The average Bonchev–Trinajstić information content (AvgIpc) is 2.60. The zero-order valence-electron chi connectivity index (χ0n) is 12.7. The maximum absolute atomic E-state index is 13.4. The number of carbonyl (C=O) groups excluding carboxylic acids is 1. The molecule has 4 heteroatoms. The highest BCUT2D eigenvalue weighted by atomic mass is 19.2. The molecule has 0 aliphatic carbocycles. The van der Waals surface area contributed by atoms with Crippen molar-refractivity contribution in [3.63, 3.8) is 0 Å². The second-order valence-electron chi connectivity index (χ2n) is 5.37. The number of carbonyl (C=O) groups is 1. The lowest BCUT2D eigenvalue weighted by atomic mass is 9.90. The molecule has 0 saturated heterocycles. The molecule has 24 heavy (non-hydrogen) atoms. The van der Waals surface area contributed by atoms with Crippen LogP contribution >= 0.6 is 0 Å². The summed E-state index contributed by atoms with van der Waals surface area (Å²) in [5.74, 6) is -2.79. The van der Waals surface area contributed by atoms with E-state index in [1.165, 1.54) is 6.07 Å². The van der Waals surface area contributed by atoms with Crippen molar-refractivity contribution in [2.24, 2.45) is 0 Å². The molecule has 3 rings (SSSR count). The predicted octanol–water partition coefficient (Wildman–Crippen LogP) is 4.74. The van der Waals surface area contributed by atoms with Crippen molar-refractivity contribution in [2.45, 2.75) is 5.92 Å². The molecule has 0 fully saturated rings. The fourth-order valence-electron chi connectivity index (χ4n) is 2.57. The Balaban J connectivity index is 1.93. The number of anilines is 1. The van der Waals surface area contributed by atoms with Crippen LogP contribution in [0.2, 0.25) is 0 Å². The van der Waals surface area contributed by atoms with E-state index in [0.29, 0.717) is 0 Å². The molecule has 3 aromatic rings. The first-order valence-corrected chi connectivity index (χ1v) is 7.51. The fraction of sp³-hybridized carbons (Fsp3) is 0.0500. The molecule has 0 heterocycles. The number of hydrogen-bond acceptors (Lipinski definition) is 1. The third kappa shape index (κ3) is 3.49. The minimum Gasteiger partial charge on any atom is -0.325 e. The van der Waals surface area contributed by atoms with Gasteiger partial charge in [0.15, 0.2) is 11.6 Å². The molecule has 0 spiro atoms. The van der Waals surface area contributed by atoms with Crippen LogP contribution in [-0.4, -0.2) is 5.91 Å². The minimum absolute atomic E-state index is 0.218. The normalized spacial score (nSPS) is 10.6. The minimum atomic E-state index is -0.997. The van der Waals surface area contributed by atoms with Crippen molar-refractivity contribution < 1.29 is 13.6 Å². The largest absolute Gasteiger partial charge is 0.325 e. The van der Waals surface area contributed by atoms with E-state index in [1.807, 2.05) is 60.7 Å². The summed E-state index contributed by atoms with van der Waals surface area (Å²) < 4.78 is 26.4. The summed E-state index contributed by atoms with van der Waals surface area (Å²) in [5.41, 5.74) is 1.86. The maximum Gasteiger partial charge on any atom is 0.236 e. The lowest BCUT2D eigenvalue weighted by molar-refractivity contribution is -0.116. The van der Waals surface area contributed by atoms with Crippen molar-refractivity contribution >= 4 is 11.6 Å². The Bertz CT molecular complexity index is 795. The van der Waals surface area contributed by atoms with Crippen molar-refractivity contribution in [1.29, 1.82) is 0 Å². The zero-order valence-corrected chi connectivity index (χ0v) is 12.7. The summed E-state index contributed by atoms with van der Waals surface area (Å²) in [6, 6.07) is 21.9. The topological polar surface area (TPSA) is 29.1 Å². The third-order valence-corrected chi connectivity index (χ3v) is 3.72. The number of halogens is 2. The van der Waals surface area contributed by atoms with Gasteiger partial charge in [-0.3, -0.25) is 4.79 Å². The highest BCUT2D eigenvalue weighted by Crippen LogP contribution is 2.26. The van der Waals surface area contributed by atoms with Gasteiger partial charge in [-0.15, -0.1) is 0 Å². The number of amides is 1. The van der Waals surface area contributed by atoms with Crippen LogP contribution in [0.5, 0.6) is 0 Å². The van der Waals surface area contributed by atoms with Gasteiger partial charge in [-0.25, -0.2) is 8.78 Å². The van der Waals surface area contributed by atoms with Crippen molar-refractivity contribution in [3.05, 3.63) is 102 Å². The monoisotopic (exact) mass is 323 g/mol. The van der Waals surface area contributed by atoms with Gasteiger partial charge >= 0.3 is 0 Å². The van der Waals surface area contributed by atoms with Crippen LogP contribution in [0.4, 0.5) is 14.5 Å². The Morgan fingerprint density at radius 3 is 1.79 bits per heavy atom. The Morgan fingerprint density at radius 2 is 1.29 bits per heavy atom. The molecule has 0 atom stereocenters. The summed E-state index contributed by atoms with van der Waals surface area (Å²) in [5, 5.41) is 2.66. The lowest BCUT2D eigenvalue weighted by Crippen LogP contribution is -2.22. The second-order valence-corrected chi connectivity index (χ2v) is 5.37. The molecule has 0 aliphatic rings.